The molecular formula is C13H18ClNO. The number of hydrogen-bond donors (Lipinski definition) is 1. The minimum atomic E-state index is -0.732. The Balaban J connectivity index is 2.31. The summed E-state index contributed by atoms with van der Waals surface area (Å²) < 4.78 is 0. The van der Waals surface area contributed by atoms with Gasteiger partial charge in [0.2, 0.25) is 0 Å². The van der Waals surface area contributed by atoms with Crippen LogP contribution in [0.15, 0.2) is 18.2 Å². The van der Waals surface area contributed by atoms with Gasteiger partial charge in [0.15, 0.2) is 0 Å². The maximum absolute atomic E-state index is 10.6. The first-order valence-corrected chi connectivity index (χ1v) is 6.07. The van der Waals surface area contributed by atoms with E-state index in [-0.39, 0.29) is 0 Å². The molecule has 1 aliphatic heterocycles. The van der Waals surface area contributed by atoms with Gasteiger partial charge in [-0.05, 0) is 50.6 Å². The molecule has 1 heterocycles. The third-order valence-corrected chi connectivity index (χ3v) is 3.78. The van der Waals surface area contributed by atoms with Crippen molar-refractivity contribution < 1.29 is 5.11 Å². The van der Waals surface area contributed by atoms with E-state index in [9.17, 15) is 5.11 Å². The van der Waals surface area contributed by atoms with Gasteiger partial charge >= 0.3 is 0 Å². The van der Waals surface area contributed by atoms with Crippen LogP contribution in [0.25, 0.3) is 0 Å². The predicted octanol–water partition coefficient (Wildman–Crippen LogP) is 2.56. The van der Waals surface area contributed by atoms with E-state index < -0.39 is 5.60 Å². The zero-order valence-corrected chi connectivity index (χ0v) is 10.6. The van der Waals surface area contributed by atoms with Crippen LogP contribution in [-0.4, -0.2) is 30.1 Å². The summed E-state index contributed by atoms with van der Waals surface area (Å²) in [7, 11) is 2.04. The molecule has 1 saturated heterocycles. The molecule has 1 aromatic rings. The molecule has 16 heavy (non-hydrogen) atoms. The van der Waals surface area contributed by atoms with Crippen LogP contribution in [0.3, 0.4) is 0 Å². The van der Waals surface area contributed by atoms with Crippen LogP contribution in [-0.2, 0) is 5.60 Å². The molecular weight excluding hydrogens is 222 g/mol. The highest BCUT2D eigenvalue weighted by Gasteiger charge is 2.33. The summed E-state index contributed by atoms with van der Waals surface area (Å²) in [5.74, 6) is 0. The monoisotopic (exact) mass is 239 g/mol. The van der Waals surface area contributed by atoms with Crippen molar-refractivity contribution in [2.24, 2.45) is 0 Å². The van der Waals surface area contributed by atoms with E-state index in [4.69, 9.17) is 11.6 Å². The minimum Gasteiger partial charge on any atom is -0.384 e. The summed E-state index contributed by atoms with van der Waals surface area (Å²) in [4.78, 5) is 2.16. The summed E-state index contributed by atoms with van der Waals surface area (Å²) in [6.45, 7) is 3.72. The minimum absolute atomic E-state index is 0.687. The fourth-order valence-electron chi connectivity index (χ4n) is 2.36. The van der Waals surface area contributed by atoms with Gasteiger partial charge in [0.05, 0.1) is 0 Å². The highest BCUT2D eigenvalue weighted by molar-refractivity contribution is 6.31. The molecule has 0 radical (unpaired) electrons. The number of rotatable bonds is 1. The topological polar surface area (TPSA) is 23.5 Å². The number of benzene rings is 1. The molecule has 0 aliphatic carbocycles. The summed E-state index contributed by atoms with van der Waals surface area (Å²) in [6, 6.07) is 5.86. The van der Waals surface area contributed by atoms with Gasteiger partial charge < -0.3 is 10.0 Å². The number of β-amino-alcohol motifs (C(OH)–C–C–N with tert-alkyl or cyclic N) is 1. The third-order valence-electron chi connectivity index (χ3n) is 3.37. The molecule has 1 N–H and O–H groups in total. The maximum atomic E-state index is 10.6. The van der Waals surface area contributed by atoms with E-state index in [0.717, 1.165) is 35.5 Å². The highest BCUT2D eigenvalue weighted by Crippen LogP contribution is 2.32. The summed E-state index contributed by atoms with van der Waals surface area (Å²) in [5, 5.41) is 11.4. The van der Waals surface area contributed by atoms with Crippen molar-refractivity contribution in [2.75, 3.05) is 20.1 Å². The van der Waals surface area contributed by atoms with Gasteiger partial charge in [-0.3, -0.25) is 0 Å². The predicted molar refractivity (Wildman–Crippen MR) is 66.8 cm³/mol. The lowest BCUT2D eigenvalue weighted by Gasteiger charge is -2.38. The standard InChI is InChI=1S/C13H18ClNO/c1-10-4-5-11(8-12(10)14)13(16)6-3-7-15(2)9-13/h4-5,8,16H,3,6-7,9H2,1-2H3. The SMILES string of the molecule is Cc1ccc(C2(O)CCCN(C)C2)cc1Cl. The molecule has 1 aliphatic rings. The summed E-state index contributed by atoms with van der Waals surface area (Å²) in [6.07, 6.45) is 1.84. The van der Waals surface area contributed by atoms with Crippen LogP contribution in [0, 0.1) is 6.92 Å². The molecule has 0 saturated carbocycles. The second-order valence-corrected chi connectivity index (χ2v) is 5.24. The number of likely N-dealkylation sites (tertiary alicyclic amines) is 1. The Morgan fingerprint density at radius 2 is 2.19 bits per heavy atom. The quantitative estimate of drug-likeness (QED) is 0.814. The third kappa shape index (κ3) is 2.24. The molecule has 0 spiro atoms. The van der Waals surface area contributed by atoms with E-state index in [0.29, 0.717) is 6.54 Å². The zero-order valence-electron chi connectivity index (χ0n) is 9.83. The molecule has 2 nitrogen and oxygen atoms in total. The molecule has 2 rings (SSSR count). The second kappa shape index (κ2) is 4.36. The van der Waals surface area contributed by atoms with Crippen molar-refractivity contribution in [1.29, 1.82) is 0 Å². The largest absolute Gasteiger partial charge is 0.384 e. The Morgan fingerprint density at radius 3 is 2.81 bits per heavy atom. The van der Waals surface area contributed by atoms with Gasteiger partial charge in [0.25, 0.3) is 0 Å². The lowest BCUT2D eigenvalue weighted by molar-refractivity contribution is -0.0277. The van der Waals surface area contributed by atoms with Crippen molar-refractivity contribution in [2.45, 2.75) is 25.4 Å². The molecule has 0 amide bonds. The van der Waals surface area contributed by atoms with Crippen LogP contribution < -0.4 is 0 Å². The fourth-order valence-corrected chi connectivity index (χ4v) is 2.54. The molecule has 3 heteroatoms. The number of likely N-dealkylation sites (N-methyl/N-ethyl adjacent to an activating group) is 1. The van der Waals surface area contributed by atoms with E-state index >= 15 is 0 Å². The number of hydrogen-bond acceptors (Lipinski definition) is 2. The molecule has 1 fully saturated rings. The van der Waals surface area contributed by atoms with Crippen molar-refractivity contribution in [1.82, 2.24) is 4.90 Å². The van der Waals surface area contributed by atoms with Crippen LogP contribution in [0.5, 0.6) is 0 Å². The van der Waals surface area contributed by atoms with Gasteiger partial charge in [0, 0.05) is 11.6 Å². The number of piperidine rings is 1. The molecule has 0 bridgehead atoms. The van der Waals surface area contributed by atoms with E-state index in [2.05, 4.69) is 4.90 Å². The van der Waals surface area contributed by atoms with Gasteiger partial charge in [0.1, 0.15) is 5.60 Å². The van der Waals surface area contributed by atoms with Crippen LogP contribution in [0.4, 0.5) is 0 Å². The highest BCUT2D eigenvalue weighted by atomic mass is 35.5. The van der Waals surface area contributed by atoms with Gasteiger partial charge in [-0.1, -0.05) is 23.7 Å². The van der Waals surface area contributed by atoms with Crippen LogP contribution in [0.2, 0.25) is 5.02 Å². The van der Waals surface area contributed by atoms with Gasteiger partial charge in [-0.15, -0.1) is 0 Å². The fraction of sp³-hybridized carbons (Fsp3) is 0.538. The normalized spacial score (nSPS) is 27.0. The van der Waals surface area contributed by atoms with E-state index in [1.54, 1.807) is 0 Å². The summed E-state index contributed by atoms with van der Waals surface area (Å²) in [5.41, 5.74) is 1.26. The average Bonchev–Trinajstić information content (AvgIpc) is 2.21. The van der Waals surface area contributed by atoms with Crippen LogP contribution >= 0.6 is 11.6 Å². The Hall–Kier alpha value is -0.570. The number of aliphatic hydroxyl groups is 1. The molecule has 1 unspecified atom stereocenters. The zero-order chi connectivity index (χ0) is 11.8. The number of nitrogens with zero attached hydrogens (tertiary/aromatic N) is 1. The van der Waals surface area contributed by atoms with Crippen molar-refractivity contribution in [3.8, 4) is 0 Å². The van der Waals surface area contributed by atoms with Crippen molar-refractivity contribution >= 4 is 11.6 Å². The Kier molecular flexibility index (Phi) is 3.24. The molecule has 0 aromatic heterocycles. The average molecular weight is 240 g/mol. The molecule has 1 atom stereocenters. The van der Waals surface area contributed by atoms with Gasteiger partial charge in [-0.25, -0.2) is 0 Å². The van der Waals surface area contributed by atoms with Crippen molar-refractivity contribution in [3.63, 3.8) is 0 Å². The van der Waals surface area contributed by atoms with E-state index in [1.165, 1.54) is 0 Å². The Bertz CT molecular complexity index is 394. The first kappa shape index (κ1) is 11.9. The molecule has 88 valence electrons. The summed E-state index contributed by atoms with van der Waals surface area (Å²) >= 11 is 6.11. The van der Waals surface area contributed by atoms with Crippen molar-refractivity contribution in [3.05, 3.63) is 34.3 Å². The van der Waals surface area contributed by atoms with Crippen LogP contribution in [0.1, 0.15) is 24.0 Å². The second-order valence-electron chi connectivity index (χ2n) is 4.84. The maximum Gasteiger partial charge on any atom is 0.102 e. The lowest BCUT2D eigenvalue weighted by atomic mass is 9.85. The van der Waals surface area contributed by atoms with E-state index in [1.807, 2.05) is 32.2 Å². The smallest absolute Gasteiger partial charge is 0.102 e. The van der Waals surface area contributed by atoms with Gasteiger partial charge in [-0.2, -0.15) is 0 Å². The Labute approximate surface area is 102 Å². The molecule has 1 aromatic carbocycles. The lowest BCUT2D eigenvalue weighted by Crippen LogP contribution is -2.44. The number of aryl methyl sites for hydroxylation is 1. The first-order valence-electron chi connectivity index (χ1n) is 5.69. The first-order chi connectivity index (χ1) is 7.51. The number of halogens is 1. The Morgan fingerprint density at radius 1 is 1.44 bits per heavy atom.